The molecule has 0 bridgehead atoms. The number of nitrogens with one attached hydrogen (secondary N) is 1. The van der Waals surface area contributed by atoms with Crippen molar-refractivity contribution in [3.63, 3.8) is 0 Å². The molecule has 0 aliphatic carbocycles. The zero-order chi connectivity index (χ0) is 13.5. The van der Waals surface area contributed by atoms with Crippen molar-refractivity contribution in [1.82, 2.24) is 10.2 Å². The van der Waals surface area contributed by atoms with E-state index in [4.69, 9.17) is 4.42 Å². The average Bonchev–Trinajstić information content (AvgIpc) is 2.85. The van der Waals surface area contributed by atoms with E-state index in [-0.39, 0.29) is 0 Å². The summed E-state index contributed by atoms with van der Waals surface area (Å²) in [6, 6.07) is 4.17. The van der Waals surface area contributed by atoms with Crippen LogP contribution in [0.1, 0.15) is 31.3 Å². The summed E-state index contributed by atoms with van der Waals surface area (Å²) in [7, 11) is 0. The standard InChI is InChI=1S/C15H26N2OS/c1-13-5-8-17(9-6-13)10-7-16-11-14-3-4-15(18-14)12-19-2/h3-4,13,16H,5-12H2,1-2H3. The van der Waals surface area contributed by atoms with Crippen molar-refractivity contribution in [2.45, 2.75) is 32.1 Å². The van der Waals surface area contributed by atoms with Crippen LogP contribution in [0.4, 0.5) is 0 Å². The van der Waals surface area contributed by atoms with Gasteiger partial charge in [-0.05, 0) is 50.2 Å². The van der Waals surface area contributed by atoms with Crippen LogP contribution in [0.25, 0.3) is 0 Å². The maximum Gasteiger partial charge on any atom is 0.118 e. The molecule has 1 N–H and O–H groups in total. The maximum atomic E-state index is 5.73. The van der Waals surface area contributed by atoms with Gasteiger partial charge in [-0.3, -0.25) is 0 Å². The normalized spacial score (nSPS) is 18.0. The molecule has 108 valence electrons. The van der Waals surface area contributed by atoms with Crippen LogP contribution in [-0.2, 0) is 12.3 Å². The van der Waals surface area contributed by atoms with E-state index in [2.05, 4.69) is 35.5 Å². The van der Waals surface area contributed by atoms with Gasteiger partial charge in [0.1, 0.15) is 11.5 Å². The first-order valence-corrected chi connectivity index (χ1v) is 8.67. The van der Waals surface area contributed by atoms with Crippen LogP contribution in [0.3, 0.4) is 0 Å². The number of hydrogen-bond donors (Lipinski definition) is 1. The van der Waals surface area contributed by atoms with Gasteiger partial charge in [-0.25, -0.2) is 0 Å². The molecule has 1 saturated heterocycles. The molecule has 0 atom stereocenters. The quantitative estimate of drug-likeness (QED) is 0.778. The lowest BCUT2D eigenvalue weighted by atomic mass is 9.99. The topological polar surface area (TPSA) is 28.4 Å². The molecule has 0 aromatic carbocycles. The Balaban J connectivity index is 1.58. The van der Waals surface area contributed by atoms with Crippen LogP contribution in [0, 0.1) is 5.92 Å². The van der Waals surface area contributed by atoms with Crippen molar-refractivity contribution in [3.05, 3.63) is 23.7 Å². The molecule has 1 aromatic heterocycles. The van der Waals surface area contributed by atoms with Crippen LogP contribution >= 0.6 is 11.8 Å². The molecule has 2 rings (SSSR count). The number of piperidine rings is 1. The fourth-order valence-corrected chi connectivity index (χ4v) is 2.91. The summed E-state index contributed by atoms with van der Waals surface area (Å²) in [6.45, 7) is 7.94. The summed E-state index contributed by atoms with van der Waals surface area (Å²) < 4.78 is 5.73. The first-order valence-electron chi connectivity index (χ1n) is 7.27. The zero-order valence-corrected chi connectivity index (χ0v) is 13.0. The molecule has 2 heterocycles. The Morgan fingerprint density at radius 2 is 2.05 bits per heavy atom. The summed E-state index contributed by atoms with van der Waals surface area (Å²) in [4.78, 5) is 2.56. The fourth-order valence-electron chi connectivity index (χ4n) is 2.47. The third-order valence-corrected chi connectivity index (χ3v) is 4.36. The molecule has 0 spiro atoms. The van der Waals surface area contributed by atoms with Crippen molar-refractivity contribution in [3.8, 4) is 0 Å². The van der Waals surface area contributed by atoms with Gasteiger partial charge in [0, 0.05) is 13.1 Å². The molecular weight excluding hydrogens is 256 g/mol. The molecular formula is C15H26N2OS. The summed E-state index contributed by atoms with van der Waals surface area (Å²) in [6.07, 6.45) is 4.81. The van der Waals surface area contributed by atoms with Gasteiger partial charge in [0.15, 0.2) is 0 Å². The summed E-state index contributed by atoms with van der Waals surface area (Å²) in [5.74, 6) is 4.01. The van der Waals surface area contributed by atoms with E-state index in [0.29, 0.717) is 0 Å². The van der Waals surface area contributed by atoms with Crippen molar-refractivity contribution < 1.29 is 4.42 Å². The van der Waals surface area contributed by atoms with Crippen molar-refractivity contribution >= 4 is 11.8 Å². The molecule has 1 aliphatic heterocycles. The minimum absolute atomic E-state index is 0.846. The Labute approximate surface area is 121 Å². The van der Waals surface area contributed by atoms with E-state index in [1.807, 2.05) is 0 Å². The third-order valence-electron chi connectivity index (χ3n) is 3.78. The van der Waals surface area contributed by atoms with E-state index in [0.717, 1.165) is 42.8 Å². The second-order valence-electron chi connectivity index (χ2n) is 5.50. The van der Waals surface area contributed by atoms with Crippen LogP contribution in [0.5, 0.6) is 0 Å². The lowest BCUT2D eigenvalue weighted by molar-refractivity contribution is 0.192. The number of rotatable bonds is 7. The highest BCUT2D eigenvalue weighted by molar-refractivity contribution is 7.97. The van der Waals surface area contributed by atoms with Gasteiger partial charge in [0.25, 0.3) is 0 Å². The Morgan fingerprint density at radius 1 is 1.32 bits per heavy atom. The Kier molecular flexibility index (Phi) is 6.28. The number of hydrogen-bond acceptors (Lipinski definition) is 4. The number of nitrogens with zero attached hydrogens (tertiary/aromatic N) is 1. The van der Waals surface area contributed by atoms with Gasteiger partial charge in [-0.2, -0.15) is 11.8 Å². The second kappa shape index (κ2) is 7.98. The first-order chi connectivity index (χ1) is 9.28. The van der Waals surface area contributed by atoms with Crippen molar-refractivity contribution in [1.29, 1.82) is 0 Å². The second-order valence-corrected chi connectivity index (χ2v) is 6.37. The molecule has 1 fully saturated rings. The Hall–Kier alpha value is -0.450. The minimum Gasteiger partial charge on any atom is -0.464 e. The van der Waals surface area contributed by atoms with E-state index in [1.165, 1.54) is 25.9 Å². The molecule has 1 aliphatic rings. The number of likely N-dealkylation sites (tertiary alicyclic amines) is 1. The monoisotopic (exact) mass is 282 g/mol. The van der Waals surface area contributed by atoms with Gasteiger partial charge in [-0.1, -0.05) is 6.92 Å². The van der Waals surface area contributed by atoms with Crippen LogP contribution in [-0.4, -0.2) is 37.3 Å². The predicted molar refractivity (Wildman–Crippen MR) is 82.5 cm³/mol. The lowest BCUT2D eigenvalue weighted by Crippen LogP contribution is -2.37. The van der Waals surface area contributed by atoms with E-state index in [9.17, 15) is 0 Å². The van der Waals surface area contributed by atoms with Crippen molar-refractivity contribution in [2.24, 2.45) is 5.92 Å². The highest BCUT2D eigenvalue weighted by Gasteiger charge is 2.14. The van der Waals surface area contributed by atoms with Gasteiger partial charge < -0.3 is 14.6 Å². The van der Waals surface area contributed by atoms with E-state index < -0.39 is 0 Å². The van der Waals surface area contributed by atoms with Crippen LogP contribution in [0.2, 0.25) is 0 Å². The van der Waals surface area contributed by atoms with Gasteiger partial charge in [0.2, 0.25) is 0 Å². The van der Waals surface area contributed by atoms with Gasteiger partial charge in [-0.15, -0.1) is 0 Å². The maximum absolute atomic E-state index is 5.73. The average molecular weight is 282 g/mol. The van der Waals surface area contributed by atoms with Gasteiger partial charge >= 0.3 is 0 Å². The largest absolute Gasteiger partial charge is 0.464 e. The first kappa shape index (κ1) is 14.9. The highest BCUT2D eigenvalue weighted by atomic mass is 32.2. The Morgan fingerprint density at radius 3 is 2.79 bits per heavy atom. The Bertz CT molecular complexity index is 359. The smallest absolute Gasteiger partial charge is 0.118 e. The van der Waals surface area contributed by atoms with E-state index in [1.54, 1.807) is 11.8 Å². The highest BCUT2D eigenvalue weighted by Crippen LogP contribution is 2.15. The molecule has 0 radical (unpaired) electrons. The number of furan rings is 1. The SMILES string of the molecule is CSCc1ccc(CNCCN2CCC(C)CC2)o1. The molecule has 19 heavy (non-hydrogen) atoms. The predicted octanol–water partition coefficient (Wildman–Crippen LogP) is 2.96. The van der Waals surface area contributed by atoms with Crippen LogP contribution in [0.15, 0.2) is 16.5 Å². The third kappa shape index (κ3) is 5.21. The van der Waals surface area contributed by atoms with Gasteiger partial charge in [0.05, 0.1) is 12.3 Å². The summed E-state index contributed by atoms with van der Waals surface area (Å²) in [5, 5.41) is 3.47. The summed E-state index contributed by atoms with van der Waals surface area (Å²) in [5.41, 5.74) is 0. The van der Waals surface area contributed by atoms with Crippen molar-refractivity contribution in [2.75, 3.05) is 32.4 Å². The fraction of sp³-hybridized carbons (Fsp3) is 0.733. The summed E-state index contributed by atoms with van der Waals surface area (Å²) >= 11 is 1.79. The number of thioether (sulfide) groups is 1. The molecule has 0 unspecified atom stereocenters. The minimum atomic E-state index is 0.846. The molecule has 0 saturated carbocycles. The van der Waals surface area contributed by atoms with Crippen LogP contribution < -0.4 is 5.32 Å². The molecule has 1 aromatic rings. The van der Waals surface area contributed by atoms with E-state index >= 15 is 0 Å². The lowest BCUT2D eigenvalue weighted by Gasteiger charge is -2.30. The molecule has 4 heteroatoms. The molecule has 3 nitrogen and oxygen atoms in total. The molecule has 0 amide bonds. The zero-order valence-electron chi connectivity index (χ0n) is 12.2.